The van der Waals surface area contributed by atoms with Crippen molar-refractivity contribution in [2.24, 2.45) is 5.10 Å². The Hall–Kier alpha value is -2.91. The number of aryl methyl sites for hydroxylation is 3. The number of amides is 1. The van der Waals surface area contributed by atoms with Crippen LogP contribution in [0, 0.1) is 27.7 Å². The molecule has 0 radical (unpaired) electrons. The highest BCUT2D eigenvalue weighted by Gasteiger charge is 2.22. The van der Waals surface area contributed by atoms with E-state index in [1.807, 2.05) is 70.2 Å². The van der Waals surface area contributed by atoms with Gasteiger partial charge in [0.05, 0.1) is 18.2 Å². The normalized spacial score (nSPS) is 11.7. The van der Waals surface area contributed by atoms with Gasteiger partial charge in [-0.15, -0.1) is 0 Å². The van der Waals surface area contributed by atoms with Gasteiger partial charge in [0.15, 0.2) is 0 Å². The SMILES string of the molecule is Cc1ccc(N(CC(=O)N/N=C\c2cc(C)n(-c3cccc(Br)c3)c2C)S(C)(=O)=O)c(C)c1. The van der Waals surface area contributed by atoms with E-state index in [0.29, 0.717) is 5.69 Å². The fourth-order valence-electron chi connectivity index (χ4n) is 3.74. The summed E-state index contributed by atoms with van der Waals surface area (Å²) in [7, 11) is -3.66. The number of nitrogens with one attached hydrogen (secondary N) is 1. The number of aromatic nitrogens is 1. The Balaban J connectivity index is 1.76. The molecule has 0 aliphatic carbocycles. The van der Waals surface area contributed by atoms with Crippen molar-refractivity contribution in [1.82, 2.24) is 9.99 Å². The molecule has 0 aliphatic rings. The predicted octanol–water partition coefficient (Wildman–Crippen LogP) is 4.39. The first-order valence-electron chi connectivity index (χ1n) is 10.3. The van der Waals surface area contributed by atoms with Crippen LogP contribution in [0.3, 0.4) is 0 Å². The molecule has 3 rings (SSSR count). The Labute approximate surface area is 203 Å². The molecule has 33 heavy (non-hydrogen) atoms. The van der Waals surface area contributed by atoms with Crippen LogP contribution in [0.5, 0.6) is 0 Å². The van der Waals surface area contributed by atoms with Gasteiger partial charge in [-0.2, -0.15) is 5.10 Å². The molecule has 1 amide bonds. The molecule has 0 saturated heterocycles. The van der Waals surface area contributed by atoms with Crippen LogP contribution in [0.25, 0.3) is 5.69 Å². The summed E-state index contributed by atoms with van der Waals surface area (Å²) in [5.41, 5.74) is 8.56. The molecule has 0 saturated carbocycles. The molecule has 0 unspecified atom stereocenters. The van der Waals surface area contributed by atoms with Gasteiger partial charge in [0.25, 0.3) is 5.91 Å². The molecule has 174 valence electrons. The van der Waals surface area contributed by atoms with Crippen molar-refractivity contribution in [2.45, 2.75) is 27.7 Å². The van der Waals surface area contributed by atoms with E-state index in [0.717, 1.165) is 48.8 Å². The summed E-state index contributed by atoms with van der Waals surface area (Å²) in [6.07, 6.45) is 2.65. The number of carbonyl (C=O) groups is 1. The van der Waals surface area contributed by atoms with Crippen LogP contribution in [-0.2, 0) is 14.8 Å². The van der Waals surface area contributed by atoms with E-state index in [4.69, 9.17) is 0 Å². The number of hydrogen-bond acceptors (Lipinski definition) is 4. The summed E-state index contributed by atoms with van der Waals surface area (Å²) in [5.74, 6) is -0.530. The van der Waals surface area contributed by atoms with Crippen LogP contribution in [0.2, 0.25) is 0 Å². The highest BCUT2D eigenvalue weighted by Crippen LogP contribution is 2.24. The molecule has 3 aromatic rings. The Bertz CT molecular complexity index is 1330. The van der Waals surface area contributed by atoms with E-state index < -0.39 is 15.9 Å². The number of anilines is 1. The Kier molecular flexibility index (Phi) is 7.44. The standard InChI is InChI=1S/C24H27BrN4O3S/c1-16-9-10-23(17(2)11-16)28(33(5,31)32)15-24(30)27-26-14-20-12-18(3)29(19(20)4)22-8-6-7-21(25)13-22/h6-14H,15H2,1-5H3,(H,27,30)/b26-14-. The molecule has 0 bridgehead atoms. The van der Waals surface area contributed by atoms with Crippen molar-refractivity contribution in [2.75, 3.05) is 17.1 Å². The molecule has 1 aromatic heterocycles. The summed E-state index contributed by atoms with van der Waals surface area (Å²) < 4.78 is 28.9. The van der Waals surface area contributed by atoms with E-state index in [1.165, 1.54) is 0 Å². The minimum absolute atomic E-state index is 0.364. The molecule has 0 fully saturated rings. The van der Waals surface area contributed by atoms with Gasteiger partial charge in [-0.05, 0) is 63.6 Å². The Morgan fingerprint density at radius 1 is 1.12 bits per heavy atom. The highest BCUT2D eigenvalue weighted by molar-refractivity contribution is 9.10. The molecule has 0 atom stereocenters. The van der Waals surface area contributed by atoms with Crippen LogP contribution in [0.4, 0.5) is 5.69 Å². The van der Waals surface area contributed by atoms with Crippen LogP contribution in [-0.4, -0.2) is 37.9 Å². The maximum atomic E-state index is 12.5. The molecular weight excluding hydrogens is 504 g/mol. The van der Waals surface area contributed by atoms with Gasteiger partial charge in [-0.3, -0.25) is 9.10 Å². The van der Waals surface area contributed by atoms with Crippen LogP contribution in [0.1, 0.15) is 28.1 Å². The zero-order valence-electron chi connectivity index (χ0n) is 19.3. The van der Waals surface area contributed by atoms with E-state index in [-0.39, 0.29) is 6.54 Å². The summed E-state index contributed by atoms with van der Waals surface area (Å²) in [4.78, 5) is 12.5. The molecule has 1 heterocycles. The quantitative estimate of drug-likeness (QED) is 0.363. The number of hydrazone groups is 1. The Morgan fingerprint density at radius 2 is 1.85 bits per heavy atom. The van der Waals surface area contributed by atoms with Crippen molar-refractivity contribution in [3.8, 4) is 5.69 Å². The number of benzene rings is 2. The minimum atomic E-state index is -3.66. The molecule has 1 N–H and O–H groups in total. The largest absolute Gasteiger partial charge is 0.318 e. The first kappa shape index (κ1) is 24.7. The van der Waals surface area contributed by atoms with Crippen LogP contribution >= 0.6 is 15.9 Å². The lowest BCUT2D eigenvalue weighted by atomic mass is 10.1. The average Bonchev–Trinajstić information content (AvgIpc) is 2.99. The van der Waals surface area contributed by atoms with E-state index in [2.05, 4.69) is 31.0 Å². The molecular formula is C24H27BrN4O3S. The predicted molar refractivity (Wildman–Crippen MR) is 137 cm³/mol. The smallest absolute Gasteiger partial charge is 0.260 e. The summed E-state index contributed by atoms with van der Waals surface area (Å²) in [6, 6.07) is 15.4. The van der Waals surface area contributed by atoms with Crippen LogP contribution < -0.4 is 9.73 Å². The average molecular weight is 531 g/mol. The molecule has 7 nitrogen and oxygen atoms in total. The number of nitrogens with zero attached hydrogens (tertiary/aromatic N) is 3. The van der Waals surface area contributed by atoms with Crippen molar-refractivity contribution in [3.63, 3.8) is 0 Å². The number of rotatable bonds is 7. The third-order valence-electron chi connectivity index (χ3n) is 5.24. The van der Waals surface area contributed by atoms with Gasteiger partial charge >= 0.3 is 0 Å². The van der Waals surface area contributed by atoms with Gasteiger partial charge < -0.3 is 4.57 Å². The lowest BCUT2D eigenvalue weighted by Crippen LogP contribution is -2.39. The maximum absolute atomic E-state index is 12.5. The van der Waals surface area contributed by atoms with Gasteiger partial charge in [0.1, 0.15) is 6.54 Å². The molecule has 0 spiro atoms. The molecule has 2 aromatic carbocycles. The first-order valence-corrected chi connectivity index (χ1v) is 12.9. The summed E-state index contributed by atoms with van der Waals surface area (Å²) in [6.45, 7) is 7.35. The lowest BCUT2D eigenvalue weighted by Gasteiger charge is -2.23. The number of halogens is 1. The third kappa shape index (κ3) is 5.91. The monoisotopic (exact) mass is 530 g/mol. The van der Waals surface area contributed by atoms with E-state index in [1.54, 1.807) is 12.3 Å². The van der Waals surface area contributed by atoms with Gasteiger partial charge in [-0.1, -0.05) is 39.7 Å². The second-order valence-electron chi connectivity index (χ2n) is 7.99. The number of carbonyl (C=O) groups excluding carboxylic acids is 1. The molecule has 9 heteroatoms. The van der Waals surface area contributed by atoms with E-state index >= 15 is 0 Å². The zero-order chi connectivity index (χ0) is 24.3. The van der Waals surface area contributed by atoms with Crippen molar-refractivity contribution >= 4 is 43.8 Å². The van der Waals surface area contributed by atoms with Gasteiger partial charge in [0, 0.05) is 27.1 Å². The topological polar surface area (TPSA) is 83.8 Å². The first-order chi connectivity index (χ1) is 15.5. The van der Waals surface area contributed by atoms with Crippen molar-refractivity contribution in [1.29, 1.82) is 0 Å². The van der Waals surface area contributed by atoms with Crippen molar-refractivity contribution in [3.05, 3.63) is 81.1 Å². The second-order valence-corrected chi connectivity index (χ2v) is 10.8. The summed E-state index contributed by atoms with van der Waals surface area (Å²) in [5, 5.41) is 4.06. The Morgan fingerprint density at radius 3 is 2.48 bits per heavy atom. The number of hydrogen-bond donors (Lipinski definition) is 1. The van der Waals surface area contributed by atoms with Crippen LogP contribution in [0.15, 0.2) is 58.1 Å². The lowest BCUT2D eigenvalue weighted by molar-refractivity contribution is -0.119. The summed E-state index contributed by atoms with van der Waals surface area (Å²) >= 11 is 3.50. The third-order valence-corrected chi connectivity index (χ3v) is 6.86. The fraction of sp³-hybridized carbons (Fsp3) is 0.250. The van der Waals surface area contributed by atoms with E-state index in [9.17, 15) is 13.2 Å². The highest BCUT2D eigenvalue weighted by atomic mass is 79.9. The second kappa shape index (κ2) is 9.93. The zero-order valence-corrected chi connectivity index (χ0v) is 21.7. The maximum Gasteiger partial charge on any atom is 0.260 e. The van der Waals surface area contributed by atoms with Crippen molar-refractivity contribution < 1.29 is 13.2 Å². The number of sulfonamides is 1. The molecule has 0 aliphatic heterocycles. The van der Waals surface area contributed by atoms with Gasteiger partial charge in [-0.25, -0.2) is 13.8 Å². The van der Waals surface area contributed by atoms with Gasteiger partial charge in [0.2, 0.25) is 10.0 Å². The minimum Gasteiger partial charge on any atom is -0.318 e. The fourth-order valence-corrected chi connectivity index (χ4v) is 5.04.